The maximum atomic E-state index is 9.05. The van der Waals surface area contributed by atoms with Crippen molar-refractivity contribution in [3.05, 3.63) is 58.6 Å². The highest BCUT2D eigenvalue weighted by Crippen LogP contribution is 2.19. The summed E-state index contributed by atoms with van der Waals surface area (Å²) in [7, 11) is 1.64. The van der Waals surface area contributed by atoms with Gasteiger partial charge in [0.05, 0.1) is 31.6 Å². The van der Waals surface area contributed by atoms with Crippen molar-refractivity contribution in [2.45, 2.75) is 6.61 Å². The first-order chi connectivity index (χ1) is 10.7. The Labute approximate surface area is 135 Å². The monoisotopic (exact) mass is 316 g/mol. The van der Waals surface area contributed by atoms with Gasteiger partial charge in [-0.05, 0) is 35.9 Å². The van der Waals surface area contributed by atoms with Crippen molar-refractivity contribution in [3.63, 3.8) is 0 Å². The highest BCUT2D eigenvalue weighted by atomic mass is 35.5. The SMILES string of the molecule is COc1ccc(COCCNc2ccc(Cl)cc2C#N)cc1. The van der Waals surface area contributed by atoms with Crippen LogP contribution < -0.4 is 10.1 Å². The maximum absolute atomic E-state index is 9.05. The highest BCUT2D eigenvalue weighted by molar-refractivity contribution is 6.30. The van der Waals surface area contributed by atoms with Crippen LogP contribution in [0.3, 0.4) is 0 Å². The van der Waals surface area contributed by atoms with Crippen molar-refractivity contribution in [1.29, 1.82) is 5.26 Å². The minimum atomic E-state index is 0.530. The molecule has 2 aromatic carbocycles. The van der Waals surface area contributed by atoms with Gasteiger partial charge in [0.1, 0.15) is 11.8 Å². The van der Waals surface area contributed by atoms with Crippen LogP contribution in [0.1, 0.15) is 11.1 Å². The van der Waals surface area contributed by atoms with Crippen molar-refractivity contribution < 1.29 is 9.47 Å². The molecule has 114 valence electrons. The maximum Gasteiger partial charge on any atom is 0.118 e. The van der Waals surface area contributed by atoms with Crippen molar-refractivity contribution in [2.75, 3.05) is 25.6 Å². The fraction of sp³-hybridized carbons (Fsp3) is 0.235. The second kappa shape index (κ2) is 8.28. The Hall–Kier alpha value is -2.22. The lowest BCUT2D eigenvalue weighted by atomic mass is 10.2. The lowest BCUT2D eigenvalue weighted by Crippen LogP contribution is -2.10. The molecule has 0 aliphatic heterocycles. The Morgan fingerprint density at radius 2 is 1.95 bits per heavy atom. The number of nitrogens with zero attached hydrogens (tertiary/aromatic N) is 1. The first-order valence-corrected chi connectivity index (χ1v) is 7.25. The summed E-state index contributed by atoms with van der Waals surface area (Å²) >= 11 is 5.86. The van der Waals surface area contributed by atoms with Crippen molar-refractivity contribution in [2.24, 2.45) is 0 Å². The minimum absolute atomic E-state index is 0.530. The number of nitrogens with one attached hydrogen (secondary N) is 1. The van der Waals surface area contributed by atoms with Crippen LogP contribution in [-0.4, -0.2) is 20.3 Å². The quantitative estimate of drug-likeness (QED) is 0.788. The van der Waals surface area contributed by atoms with Gasteiger partial charge in [0.2, 0.25) is 0 Å². The van der Waals surface area contributed by atoms with E-state index in [1.165, 1.54) is 0 Å². The normalized spacial score (nSPS) is 10.0. The van der Waals surface area contributed by atoms with Gasteiger partial charge in [0, 0.05) is 11.6 Å². The van der Waals surface area contributed by atoms with E-state index in [1.54, 1.807) is 25.3 Å². The highest BCUT2D eigenvalue weighted by Gasteiger charge is 2.02. The molecule has 0 bridgehead atoms. The molecule has 0 spiro atoms. The predicted octanol–water partition coefficient (Wildman–Crippen LogP) is 3.85. The van der Waals surface area contributed by atoms with Crippen LogP contribution >= 0.6 is 11.6 Å². The van der Waals surface area contributed by atoms with E-state index in [1.807, 2.05) is 24.3 Å². The number of anilines is 1. The van der Waals surface area contributed by atoms with Gasteiger partial charge in [-0.2, -0.15) is 5.26 Å². The van der Waals surface area contributed by atoms with E-state index in [2.05, 4.69) is 11.4 Å². The number of ether oxygens (including phenoxy) is 2. The minimum Gasteiger partial charge on any atom is -0.497 e. The third-order valence-electron chi connectivity index (χ3n) is 3.09. The summed E-state index contributed by atoms with van der Waals surface area (Å²) in [5.41, 5.74) is 2.38. The van der Waals surface area contributed by atoms with Crippen molar-refractivity contribution in [1.82, 2.24) is 0 Å². The van der Waals surface area contributed by atoms with Gasteiger partial charge in [-0.25, -0.2) is 0 Å². The molecule has 0 amide bonds. The predicted molar refractivity (Wildman–Crippen MR) is 87.3 cm³/mol. The summed E-state index contributed by atoms with van der Waals surface area (Å²) in [6.45, 7) is 1.70. The fourth-order valence-electron chi connectivity index (χ4n) is 1.93. The third kappa shape index (κ3) is 4.66. The zero-order valence-electron chi connectivity index (χ0n) is 12.3. The largest absolute Gasteiger partial charge is 0.497 e. The van der Waals surface area contributed by atoms with E-state index in [4.69, 9.17) is 26.3 Å². The van der Waals surface area contributed by atoms with E-state index >= 15 is 0 Å². The number of hydrogen-bond acceptors (Lipinski definition) is 4. The molecule has 0 atom stereocenters. The van der Waals surface area contributed by atoms with Gasteiger partial charge < -0.3 is 14.8 Å². The van der Waals surface area contributed by atoms with E-state index in [0.29, 0.717) is 30.3 Å². The number of nitriles is 1. The molecule has 1 N–H and O–H groups in total. The summed E-state index contributed by atoms with van der Waals surface area (Å²) < 4.78 is 10.7. The molecule has 2 aromatic rings. The summed E-state index contributed by atoms with van der Waals surface area (Å²) in [5, 5.41) is 12.8. The molecule has 0 aliphatic carbocycles. The number of methoxy groups -OCH3 is 1. The Bertz CT molecular complexity index is 651. The first-order valence-electron chi connectivity index (χ1n) is 6.87. The first kappa shape index (κ1) is 16.2. The van der Waals surface area contributed by atoms with Gasteiger partial charge in [-0.3, -0.25) is 0 Å². The summed E-state index contributed by atoms with van der Waals surface area (Å²) in [6, 6.07) is 15.1. The van der Waals surface area contributed by atoms with E-state index in [9.17, 15) is 0 Å². The molecule has 5 heteroatoms. The Balaban J connectivity index is 1.74. The molecular weight excluding hydrogens is 300 g/mol. The van der Waals surface area contributed by atoms with Crippen LogP contribution in [0.4, 0.5) is 5.69 Å². The second-order valence-electron chi connectivity index (χ2n) is 4.63. The van der Waals surface area contributed by atoms with E-state index in [-0.39, 0.29) is 0 Å². The fourth-order valence-corrected chi connectivity index (χ4v) is 2.10. The van der Waals surface area contributed by atoms with Crippen LogP contribution in [0.2, 0.25) is 5.02 Å². The molecule has 0 aliphatic rings. The molecule has 0 unspecified atom stereocenters. The molecular formula is C17H17ClN2O2. The third-order valence-corrected chi connectivity index (χ3v) is 3.33. The van der Waals surface area contributed by atoms with Gasteiger partial charge in [-0.1, -0.05) is 23.7 Å². The summed E-state index contributed by atoms with van der Waals surface area (Å²) in [6.07, 6.45) is 0. The molecule has 2 rings (SSSR count). The average Bonchev–Trinajstić information content (AvgIpc) is 2.56. The van der Waals surface area contributed by atoms with Gasteiger partial charge >= 0.3 is 0 Å². The Morgan fingerprint density at radius 3 is 2.64 bits per heavy atom. The number of hydrogen-bond donors (Lipinski definition) is 1. The molecule has 0 radical (unpaired) electrons. The molecule has 0 fully saturated rings. The Kier molecular flexibility index (Phi) is 6.08. The Morgan fingerprint density at radius 1 is 1.18 bits per heavy atom. The van der Waals surface area contributed by atoms with Crippen LogP contribution in [0, 0.1) is 11.3 Å². The molecule has 0 saturated heterocycles. The molecule has 0 aromatic heterocycles. The summed E-state index contributed by atoms with van der Waals surface area (Å²) in [4.78, 5) is 0. The standard InChI is InChI=1S/C17H17ClN2O2/c1-21-16-5-2-13(3-6-16)12-22-9-8-20-17-7-4-15(18)10-14(17)11-19/h2-7,10,20H,8-9,12H2,1H3. The molecule has 0 saturated carbocycles. The van der Waals surface area contributed by atoms with Crippen LogP contribution in [-0.2, 0) is 11.3 Å². The zero-order chi connectivity index (χ0) is 15.8. The summed E-state index contributed by atoms with van der Waals surface area (Å²) in [5.74, 6) is 0.831. The second-order valence-corrected chi connectivity index (χ2v) is 5.07. The lowest BCUT2D eigenvalue weighted by Gasteiger charge is -2.09. The lowest BCUT2D eigenvalue weighted by molar-refractivity contribution is 0.130. The molecule has 0 heterocycles. The smallest absolute Gasteiger partial charge is 0.118 e. The van der Waals surface area contributed by atoms with Crippen molar-refractivity contribution in [3.8, 4) is 11.8 Å². The average molecular weight is 317 g/mol. The van der Waals surface area contributed by atoms with Crippen molar-refractivity contribution >= 4 is 17.3 Å². The topological polar surface area (TPSA) is 54.3 Å². The van der Waals surface area contributed by atoms with Gasteiger partial charge in [-0.15, -0.1) is 0 Å². The van der Waals surface area contributed by atoms with Crippen LogP contribution in [0.25, 0.3) is 0 Å². The number of benzene rings is 2. The van der Waals surface area contributed by atoms with Gasteiger partial charge in [0.15, 0.2) is 0 Å². The number of rotatable bonds is 7. The van der Waals surface area contributed by atoms with Crippen LogP contribution in [0.15, 0.2) is 42.5 Å². The number of halogens is 1. The molecule has 4 nitrogen and oxygen atoms in total. The van der Waals surface area contributed by atoms with Crippen LogP contribution in [0.5, 0.6) is 5.75 Å². The van der Waals surface area contributed by atoms with E-state index < -0.39 is 0 Å². The molecule has 22 heavy (non-hydrogen) atoms. The zero-order valence-corrected chi connectivity index (χ0v) is 13.1. The van der Waals surface area contributed by atoms with Gasteiger partial charge in [0.25, 0.3) is 0 Å². The van der Waals surface area contributed by atoms with E-state index in [0.717, 1.165) is 17.0 Å².